The van der Waals surface area contributed by atoms with Crippen LogP contribution in [0, 0.1) is 0 Å². The summed E-state index contributed by atoms with van der Waals surface area (Å²) in [7, 11) is -1.51. The second-order valence-corrected chi connectivity index (χ2v) is 8.28. The van der Waals surface area contributed by atoms with Gasteiger partial charge >= 0.3 is 9.28 Å². The third-order valence-corrected chi connectivity index (χ3v) is 6.50. The highest BCUT2D eigenvalue weighted by Gasteiger charge is 2.24. The molecule has 2 atom stereocenters. The third-order valence-electron chi connectivity index (χ3n) is 2.69. The zero-order valence-electron chi connectivity index (χ0n) is 13.4. The fourth-order valence-electron chi connectivity index (χ4n) is 1.51. The summed E-state index contributed by atoms with van der Waals surface area (Å²) in [5.41, 5.74) is 5.28. The van der Waals surface area contributed by atoms with Crippen molar-refractivity contribution in [1.29, 1.82) is 0 Å². The van der Waals surface area contributed by atoms with Crippen molar-refractivity contribution in [3.8, 4) is 0 Å². The molecule has 0 aromatic carbocycles. The van der Waals surface area contributed by atoms with Crippen molar-refractivity contribution < 1.29 is 18.0 Å². The first kappa shape index (κ1) is 20.2. The molecule has 0 aromatic rings. The van der Waals surface area contributed by atoms with Crippen molar-refractivity contribution in [3.05, 3.63) is 0 Å². The quantitative estimate of drug-likeness (QED) is 0.329. The minimum Gasteiger partial charge on any atom is -0.424 e. The maximum atomic E-state index is 5.64. The van der Waals surface area contributed by atoms with Crippen molar-refractivity contribution in [1.82, 2.24) is 0 Å². The van der Waals surface area contributed by atoms with Crippen molar-refractivity contribution in [2.75, 3.05) is 33.0 Å². The zero-order valence-corrected chi connectivity index (χ0v) is 16.0. The predicted octanol–water partition coefficient (Wildman–Crippen LogP) is 0.943. The molecule has 1 aliphatic rings. The lowest BCUT2D eigenvalue weighted by atomic mass is 10.5. The Morgan fingerprint density at radius 1 is 1.25 bits per heavy atom. The topological polar surface area (TPSA) is 66.2 Å². The first-order valence-corrected chi connectivity index (χ1v) is 11.2. The van der Waals surface area contributed by atoms with Gasteiger partial charge in [0.1, 0.15) is 6.10 Å². The SMILES string of the molecule is CCC[SiH](OCC)OCC1CO1.CCO[SiH2]CCCN. The van der Waals surface area contributed by atoms with Crippen LogP contribution in [-0.4, -0.2) is 58.1 Å². The molecule has 20 heavy (non-hydrogen) atoms. The van der Waals surface area contributed by atoms with Gasteiger partial charge < -0.3 is 23.7 Å². The molecule has 0 aliphatic carbocycles. The van der Waals surface area contributed by atoms with Crippen molar-refractivity contribution >= 4 is 19.0 Å². The van der Waals surface area contributed by atoms with Crippen LogP contribution in [0.15, 0.2) is 0 Å². The molecular weight excluding hydrogens is 290 g/mol. The predicted molar refractivity (Wildman–Crippen MR) is 88.2 cm³/mol. The highest BCUT2D eigenvalue weighted by molar-refractivity contribution is 6.44. The fraction of sp³-hybridized carbons (Fsp3) is 1.00. The zero-order chi connectivity index (χ0) is 15.1. The molecular formula is C13H33NO4Si2. The summed E-state index contributed by atoms with van der Waals surface area (Å²) >= 11 is 0. The summed E-state index contributed by atoms with van der Waals surface area (Å²) in [5, 5.41) is 0. The number of rotatable bonds is 12. The lowest BCUT2D eigenvalue weighted by Crippen LogP contribution is -2.24. The van der Waals surface area contributed by atoms with Gasteiger partial charge in [-0.1, -0.05) is 13.3 Å². The molecule has 1 heterocycles. The maximum absolute atomic E-state index is 5.64. The first-order chi connectivity index (χ1) is 9.78. The van der Waals surface area contributed by atoms with Gasteiger partial charge in [0.05, 0.1) is 13.2 Å². The van der Waals surface area contributed by atoms with E-state index in [2.05, 4.69) is 6.92 Å². The summed E-state index contributed by atoms with van der Waals surface area (Å²) in [5.74, 6) is 0. The van der Waals surface area contributed by atoms with E-state index in [0.717, 1.165) is 51.9 Å². The van der Waals surface area contributed by atoms with E-state index in [4.69, 9.17) is 23.7 Å². The second-order valence-electron chi connectivity index (χ2n) is 4.65. The molecule has 0 radical (unpaired) electrons. The van der Waals surface area contributed by atoms with Gasteiger partial charge in [-0.25, -0.2) is 0 Å². The van der Waals surface area contributed by atoms with Gasteiger partial charge in [0.2, 0.25) is 0 Å². The van der Waals surface area contributed by atoms with E-state index in [9.17, 15) is 0 Å². The average molecular weight is 324 g/mol. The summed E-state index contributed by atoms with van der Waals surface area (Å²) in [6.07, 6.45) is 2.67. The van der Waals surface area contributed by atoms with Crippen molar-refractivity contribution in [3.63, 3.8) is 0 Å². The van der Waals surface area contributed by atoms with Crippen LogP contribution in [0.4, 0.5) is 0 Å². The highest BCUT2D eigenvalue weighted by atomic mass is 28.3. The van der Waals surface area contributed by atoms with Crippen LogP contribution in [0.1, 0.15) is 33.6 Å². The van der Waals surface area contributed by atoms with Crippen molar-refractivity contribution in [2.45, 2.75) is 51.8 Å². The molecule has 1 saturated heterocycles. The van der Waals surface area contributed by atoms with Crippen LogP contribution in [-0.2, 0) is 18.0 Å². The lowest BCUT2D eigenvalue weighted by molar-refractivity contribution is 0.186. The number of hydrogen-bond donors (Lipinski definition) is 1. The van der Waals surface area contributed by atoms with E-state index >= 15 is 0 Å². The van der Waals surface area contributed by atoms with Gasteiger partial charge in [0.15, 0.2) is 9.76 Å². The minimum absolute atomic E-state index is 0.180. The minimum atomic E-state index is -1.33. The van der Waals surface area contributed by atoms with Crippen LogP contribution < -0.4 is 5.73 Å². The molecule has 0 bridgehead atoms. The van der Waals surface area contributed by atoms with Crippen LogP contribution in [0.3, 0.4) is 0 Å². The number of hydrogen-bond acceptors (Lipinski definition) is 5. The van der Waals surface area contributed by atoms with Gasteiger partial charge in [-0.05, 0) is 38.9 Å². The summed E-state index contributed by atoms with van der Waals surface area (Å²) in [6.45, 7) is 10.3. The molecule has 1 aliphatic heterocycles. The Kier molecular flexibility index (Phi) is 15.8. The first-order valence-electron chi connectivity index (χ1n) is 7.90. The van der Waals surface area contributed by atoms with E-state index in [0.29, 0.717) is 6.10 Å². The smallest absolute Gasteiger partial charge is 0.321 e. The Balaban J connectivity index is 0.000000396. The summed E-state index contributed by atoms with van der Waals surface area (Å²) < 4.78 is 21.4. The third kappa shape index (κ3) is 14.6. The molecule has 5 nitrogen and oxygen atoms in total. The molecule has 2 N–H and O–H groups in total. The van der Waals surface area contributed by atoms with E-state index in [1.165, 1.54) is 6.04 Å². The summed E-state index contributed by atoms with van der Waals surface area (Å²) in [6, 6.07) is 2.35. The Hall–Kier alpha value is 0.234. The van der Waals surface area contributed by atoms with Gasteiger partial charge in [0.25, 0.3) is 0 Å². The molecule has 122 valence electrons. The standard InChI is InChI=1S/C8H18O3Si.C5H15NOSi/c1-3-5-12(10-4-2)11-7-8-6-9-8;1-2-7-8-5-3-4-6/h8,12H,3-7H2,1-2H3;2-6,8H2,1H3. The fourth-order valence-corrected chi connectivity index (χ4v) is 4.20. The number of ether oxygens (including phenoxy) is 1. The van der Waals surface area contributed by atoms with E-state index in [1.807, 2.05) is 13.8 Å². The van der Waals surface area contributed by atoms with Gasteiger partial charge in [-0.3, -0.25) is 0 Å². The number of nitrogens with two attached hydrogens (primary N) is 1. The normalized spacial score (nSPS) is 18.9. The largest absolute Gasteiger partial charge is 0.424 e. The average Bonchev–Trinajstić information content (AvgIpc) is 3.27. The molecule has 0 amide bonds. The molecule has 2 unspecified atom stereocenters. The molecule has 1 rings (SSSR count). The van der Waals surface area contributed by atoms with Crippen LogP contribution in [0.25, 0.3) is 0 Å². The van der Waals surface area contributed by atoms with E-state index in [1.54, 1.807) is 0 Å². The van der Waals surface area contributed by atoms with Gasteiger partial charge in [-0.15, -0.1) is 0 Å². The van der Waals surface area contributed by atoms with E-state index < -0.39 is 9.28 Å². The summed E-state index contributed by atoms with van der Waals surface area (Å²) in [4.78, 5) is 0. The van der Waals surface area contributed by atoms with E-state index in [-0.39, 0.29) is 9.76 Å². The molecule has 0 saturated carbocycles. The second kappa shape index (κ2) is 15.6. The molecule has 0 spiro atoms. The van der Waals surface area contributed by atoms with Crippen LogP contribution in [0.2, 0.25) is 12.1 Å². The molecule has 1 fully saturated rings. The van der Waals surface area contributed by atoms with Gasteiger partial charge in [0, 0.05) is 13.2 Å². The monoisotopic (exact) mass is 323 g/mol. The van der Waals surface area contributed by atoms with Crippen molar-refractivity contribution in [2.24, 2.45) is 5.73 Å². The van der Waals surface area contributed by atoms with Crippen LogP contribution >= 0.6 is 0 Å². The van der Waals surface area contributed by atoms with Crippen LogP contribution in [0.5, 0.6) is 0 Å². The highest BCUT2D eigenvalue weighted by Crippen LogP contribution is 2.11. The van der Waals surface area contributed by atoms with Gasteiger partial charge in [-0.2, -0.15) is 0 Å². The Morgan fingerprint density at radius 2 is 2.00 bits per heavy atom. The lowest BCUT2D eigenvalue weighted by Gasteiger charge is -2.13. The Morgan fingerprint density at radius 3 is 2.50 bits per heavy atom. The molecule has 0 aromatic heterocycles. The number of epoxide rings is 1. The Labute approximate surface area is 128 Å². The Bertz CT molecular complexity index is 185. The maximum Gasteiger partial charge on any atom is 0.321 e. The molecule has 7 heteroatoms.